The number of rotatable bonds is 2. The summed E-state index contributed by atoms with van der Waals surface area (Å²) < 4.78 is 22.5. The molecule has 5 nitrogen and oxygen atoms in total. The Morgan fingerprint density at radius 3 is 2.71 bits per heavy atom. The van der Waals surface area contributed by atoms with Gasteiger partial charge in [-0.05, 0) is 12.1 Å². The molecule has 0 aliphatic carbocycles. The Balaban J connectivity index is 0.00000196. The van der Waals surface area contributed by atoms with Gasteiger partial charge >= 0.3 is 0 Å². The highest BCUT2D eigenvalue weighted by molar-refractivity contribution is 7.90. The van der Waals surface area contributed by atoms with Crippen LogP contribution in [0.25, 0.3) is 0 Å². The van der Waals surface area contributed by atoms with Crippen molar-refractivity contribution < 1.29 is 14.6 Å². The number of hydrogen-bond acceptors (Lipinski definition) is 4. The third kappa shape index (κ3) is 2.53. The molecule has 0 aromatic carbocycles. The molecule has 0 bridgehead atoms. The Labute approximate surface area is 83.6 Å². The zero-order valence-electron chi connectivity index (χ0n) is 7.81. The van der Waals surface area contributed by atoms with Crippen LogP contribution in [0.5, 0.6) is 0 Å². The molecule has 1 rings (SSSR count). The van der Waals surface area contributed by atoms with Crippen molar-refractivity contribution >= 4 is 21.6 Å². The van der Waals surface area contributed by atoms with Gasteiger partial charge in [-0.15, -0.1) is 0 Å². The Kier molecular flexibility index (Phi) is 2.85. The highest BCUT2D eigenvalue weighted by atomic mass is 32.2. The lowest BCUT2D eigenvalue weighted by Crippen LogP contribution is -2.11. The Bertz CT molecular complexity index is 459. The van der Waals surface area contributed by atoms with Crippen molar-refractivity contribution in [3.8, 4) is 0 Å². The van der Waals surface area contributed by atoms with Crippen LogP contribution in [0.15, 0.2) is 23.2 Å². The fourth-order valence-electron chi connectivity index (χ4n) is 0.950. The summed E-state index contributed by atoms with van der Waals surface area (Å²) in [5.41, 5.74) is 0. The number of anilines is 1. The molecule has 0 saturated heterocycles. The molecule has 1 heterocycles. The molecular weight excluding hydrogens is 204 g/mol. The second-order valence-electron chi connectivity index (χ2n) is 2.80. The van der Waals surface area contributed by atoms with Gasteiger partial charge in [0.05, 0.1) is 0 Å². The van der Waals surface area contributed by atoms with Crippen molar-refractivity contribution in [1.82, 2.24) is 4.98 Å². The lowest BCUT2D eigenvalue weighted by molar-refractivity contribution is -0.114. The van der Waals surface area contributed by atoms with Gasteiger partial charge in [0.15, 0.2) is 15.7 Å². The van der Waals surface area contributed by atoms with E-state index in [2.05, 4.69) is 10.3 Å². The van der Waals surface area contributed by atoms with E-state index in [1.54, 1.807) is 0 Å². The van der Waals surface area contributed by atoms with Gasteiger partial charge < -0.3 is 5.32 Å². The van der Waals surface area contributed by atoms with Crippen LogP contribution >= 0.6 is 0 Å². The second-order valence-corrected chi connectivity index (χ2v) is 4.79. The third-order valence-corrected chi connectivity index (χ3v) is 2.59. The smallest absolute Gasteiger partial charge is 0.222 e. The van der Waals surface area contributed by atoms with Crippen molar-refractivity contribution in [1.29, 1.82) is 0 Å². The summed E-state index contributed by atoms with van der Waals surface area (Å²) in [6, 6.07) is 2.90. The molecule has 0 spiro atoms. The average Bonchev–Trinajstić information content (AvgIpc) is 2.01. The Morgan fingerprint density at radius 2 is 2.21 bits per heavy atom. The zero-order valence-corrected chi connectivity index (χ0v) is 8.63. The van der Waals surface area contributed by atoms with Crippen molar-refractivity contribution in [3.05, 3.63) is 18.3 Å². The summed E-state index contributed by atoms with van der Waals surface area (Å²) in [6.07, 6.45) is 2.48. The van der Waals surface area contributed by atoms with Gasteiger partial charge in [-0.3, -0.25) is 4.79 Å². The molecule has 0 aliphatic heterocycles. The number of aromatic nitrogens is 1. The monoisotopic (exact) mass is 216 g/mol. The maximum absolute atomic E-state index is 11.2. The predicted molar refractivity (Wildman–Crippen MR) is 53.8 cm³/mol. The lowest BCUT2D eigenvalue weighted by atomic mass is 10.4. The maximum Gasteiger partial charge on any atom is 0.222 e. The van der Waals surface area contributed by atoms with Crippen LogP contribution in [0.4, 0.5) is 5.82 Å². The number of carbonyl (C=O) groups excluding carboxylic acids is 1. The number of nitrogens with one attached hydrogen (secondary N) is 1. The molecule has 1 amide bonds. The predicted octanol–water partition coefficient (Wildman–Crippen LogP) is 0.690. The van der Waals surface area contributed by atoms with Gasteiger partial charge in [0, 0.05) is 20.8 Å². The average molecular weight is 216 g/mol. The Morgan fingerprint density at radius 1 is 1.57 bits per heavy atom. The molecule has 78 valence electrons. The number of hydrogen-bond donors (Lipinski definition) is 1. The maximum atomic E-state index is 11.2. The topological polar surface area (TPSA) is 76.1 Å². The van der Waals surface area contributed by atoms with Crippen LogP contribution < -0.4 is 5.32 Å². The fraction of sp³-hybridized carbons (Fsp3) is 0.250. The highest BCUT2D eigenvalue weighted by Crippen LogP contribution is 2.17. The minimum absolute atomic E-state index is 0. The minimum Gasteiger partial charge on any atom is -0.310 e. The first-order valence-corrected chi connectivity index (χ1v) is 5.73. The second kappa shape index (κ2) is 3.75. The van der Waals surface area contributed by atoms with E-state index in [0.717, 1.165) is 6.26 Å². The first kappa shape index (κ1) is 10.6. The van der Waals surface area contributed by atoms with E-state index in [1.807, 2.05) is 0 Å². The van der Waals surface area contributed by atoms with Crippen LogP contribution in [-0.2, 0) is 14.6 Å². The Hall–Kier alpha value is -1.43. The van der Waals surface area contributed by atoms with E-state index in [-0.39, 0.29) is 18.0 Å². The number of pyridine rings is 1. The zero-order chi connectivity index (χ0) is 10.8. The summed E-state index contributed by atoms with van der Waals surface area (Å²) in [5, 5.41) is 2.35. The van der Waals surface area contributed by atoms with Gasteiger partial charge in [0.2, 0.25) is 5.91 Å². The normalized spacial score (nSPS) is 11.0. The SMILES string of the molecule is CC(=O)Nc1ncccc1S(C)(=O)=O.[HH]. The molecule has 1 N–H and O–H groups in total. The van der Waals surface area contributed by atoms with Gasteiger partial charge in [-0.1, -0.05) is 0 Å². The van der Waals surface area contributed by atoms with E-state index in [1.165, 1.54) is 25.3 Å². The lowest BCUT2D eigenvalue weighted by Gasteiger charge is -2.05. The van der Waals surface area contributed by atoms with Crippen LogP contribution in [-0.4, -0.2) is 25.6 Å². The van der Waals surface area contributed by atoms with Gasteiger partial charge in [0.25, 0.3) is 0 Å². The van der Waals surface area contributed by atoms with Crippen molar-refractivity contribution in [2.45, 2.75) is 11.8 Å². The molecule has 0 unspecified atom stereocenters. The van der Waals surface area contributed by atoms with Crippen LogP contribution in [0.1, 0.15) is 8.35 Å². The summed E-state index contributed by atoms with van der Waals surface area (Å²) in [6.45, 7) is 1.29. The quantitative estimate of drug-likeness (QED) is 0.789. The first-order valence-electron chi connectivity index (χ1n) is 3.84. The number of amides is 1. The summed E-state index contributed by atoms with van der Waals surface area (Å²) in [7, 11) is -3.36. The number of nitrogens with zero attached hydrogens (tertiary/aromatic N) is 1. The van der Waals surface area contributed by atoms with Gasteiger partial charge in [-0.25, -0.2) is 13.4 Å². The van der Waals surface area contributed by atoms with E-state index < -0.39 is 9.84 Å². The molecule has 6 heteroatoms. The van der Waals surface area contributed by atoms with Gasteiger partial charge in [0.1, 0.15) is 4.90 Å². The molecule has 0 aliphatic rings. The third-order valence-electron chi connectivity index (χ3n) is 1.46. The summed E-state index contributed by atoms with van der Waals surface area (Å²) in [4.78, 5) is 14.5. The van der Waals surface area contributed by atoms with Crippen LogP contribution in [0, 0.1) is 0 Å². The molecule has 0 saturated carbocycles. The first-order chi connectivity index (χ1) is 6.41. The number of sulfone groups is 1. The molecule has 1 aromatic rings. The minimum atomic E-state index is -3.36. The van der Waals surface area contributed by atoms with Crippen molar-refractivity contribution in [2.75, 3.05) is 11.6 Å². The van der Waals surface area contributed by atoms with Gasteiger partial charge in [-0.2, -0.15) is 0 Å². The molecule has 1 aromatic heterocycles. The summed E-state index contributed by atoms with van der Waals surface area (Å²) >= 11 is 0. The van der Waals surface area contributed by atoms with Crippen molar-refractivity contribution in [3.63, 3.8) is 0 Å². The van der Waals surface area contributed by atoms with E-state index >= 15 is 0 Å². The molecule has 14 heavy (non-hydrogen) atoms. The largest absolute Gasteiger partial charge is 0.310 e. The standard InChI is InChI=1S/C8H10N2O3S.H2/c1-6(11)10-8-7(14(2,12)13)4-3-5-9-8;/h3-5H,1-2H3,(H,9,10,11);1H. The van der Waals surface area contributed by atoms with E-state index in [9.17, 15) is 13.2 Å². The molecule has 0 atom stereocenters. The molecular formula is C8H12N2O3S. The van der Waals surface area contributed by atoms with Crippen LogP contribution in [0.2, 0.25) is 0 Å². The van der Waals surface area contributed by atoms with E-state index in [0.29, 0.717) is 0 Å². The molecule has 0 radical (unpaired) electrons. The van der Waals surface area contributed by atoms with Crippen molar-refractivity contribution in [2.24, 2.45) is 0 Å². The van der Waals surface area contributed by atoms with Crippen LogP contribution in [0.3, 0.4) is 0 Å². The van der Waals surface area contributed by atoms with E-state index in [4.69, 9.17) is 0 Å². The highest BCUT2D eigenvalue weighted by Gasteiger charge is 2.14. The molecule has 0 fully saturated rings. The number of carbonyl (C=O) groups is 1. The summed E-state index contributed by atoms with van der Waals surface area (Å²) in [5.74, 6) is -0.281. The fourth-order valence-corrected chi connectivity index (χ4v) is 1.73.